The summed E-state index contributed by atoms with van der Waals surface area (Å²) in [6.07, 6.45) is 5.94. The molecule has 0 saturated heterocycles. The molecule has 0 spiro atoms. The van der Waals surface area contributed by atoms with Gasteiger partial charge in [-0.05, 0) is 25.3 Å². The molecule has 2 atom stereocenters. The van der Waals surface area contributed by atoms with Crippen molar-refractivity contribution >= 4 is 17.8 Å². The highest BCUT2D eigenvalue weighted by atomic mass is 16.2. The lowest BCUT2D eigenvalue weighted by Gasteiger charge is -2.23. The van der Waals surface area contributed by atoms with Gasteiger partial charge in [0.25, 0.3) is 0 Å². The number of hydrogen-bond acceptors (Lipinski definition) is 3. The van der Waals surface area contributed by atoms with Gasteiger partial charge < -0.3 is 11.1 Å². The third-order valence-electron chi connectivity index (χ3n) is 5.50. The lowest BCUT2D eigenvalue weighted by atomic mass is 9.93. The number of amides is 3. The van der Waals surface area contributed by atoms with Crippen molar-refractivity contribution in [3.05, 3.63) is 47.7 Å². The summed E-state index contributed by atoms with van der Waals surface area (Å²) in [6, 6.07) is 10.5. The summed E-state index contributed by atoms with van der Waals surface area (Å²) in [5.41, 5.74) is 7.50. The monoisotopic (exact) mass is 383 g/mol. The summed E-state index contributed by atoms with van der Waals surface area (Å²) in [5.74, 6) is -0.336. The summed E-state index contributed by atoms with van der Waals surface area (Å²) in [4.78, 5) is 24.4. The average Bonchev–Trinajstić information content (AvgIpc) is 3.06. The summed E-state index contributed by atoms with van der Waals surface area (Å²) in [6.45, 7) is 3.86. The molecule has 0 aliphatic heterocycles. The summed E-state index contributed by atoms with van der Waals surface area (Å²) < 4.78 is 2.01. The molecule has 150 valence electrons. The van der Waals surface area contributed by atoms with Crippen molar-refractivity contribution in [1.82, 2.24) is 15.1 Å². The molecule has 1 aromatic heterocycles. The Hall–Kier alpha value is -2.83. The summed E-state index contributed by atoms with van der Waals surface area (Å²) >= 11 is 0. The van der Waals surface area contributed by atoms with E-state index in [1.54, 1.807) is 0 Å². The van der Waals surface area contributed by atoms with Crippen molar-refractivity contribution in [2.24, 2.45) is 5.73 Å². The van der Waals surface area contributed by atoms with Crippen LogP contribution in [0.15, 0.2) is 36.4 Å². The van der Waals surface area contributed by atoms with E-state index in [2.05, 4.69) is 15.7 Å². The third-order valence-corrected chi connectivity index (χ3v) is 5.50. The molecule has 1 aromatic carbocycles. The molecule has 28 heavy (non-hydrogen) atoms. The Bertz CT molecular complexity index is 811. The number of anilines is 1. The normalized spacial score (nSPS) is 16.9. The minimum absolute atomic E-state index is 0.244. The van der Waals surface area contributed by atoms with Crippen LogP contribution in [0.2, 0.25) is 0 Å². The summed E-state index contributed by atoms with van der Waals surface area (Å²) in [7, 11) is 0. The Labute approximate surface area is 165 Å². The highest BCUT2D eigenvalue weighted by Crippen LogP contribution is 2.29. The molecule has 7 heteroatoms. The van der Waals surface area contributed by atoms with E-state index in [9.17, 15) is 9.59 Å². The molecule has 3 amide bonds. The van der Waals surface area contributed by atoms with Crippen LogP contribution in [-0.4, -0.2) is 27.8 Å². The first-order chi connectivity index (χ1) is 13.5. The minimum Gasteiger partial charge on any atom is -0.368 e. The van der Waals surface area contributed by atoms with Gasteiger partial charge in [0.1, 0.15) is 6.04 Å². The molecule has 0 radical (unpaired) electrons. The first-order valence-corrected chi connectivity index (χ1v) is 9.93. The van der Waals surface area contributed by atoms with E-state index >= 15 is 0 Å². The molecular formula is C21H29N5O2. The van der Waals surface area contributed by atoms with Gasteiger partial charge in [-0.25, -0.2) is 4.79 Å². The fraction of sp³-hybridized carbons (Fsp3) is 0.476. The number of rotatable bonds is 6. The van der Waals surface area contributed by atoms with E-state index in [4.69, 9.17) is 5.73 Å². The Kier molecular flexibility index (Phi) is 6.34. The molecule has 1 saturated carbocycles. The molecule has 2 unspecified atom stereocenters. The number of nitrogens with zero attached hydrogens (tertiary/aromatic N) is 2. The topological polar surface area (TPSA) is 102 Å². The standard InChI is InChI=1S/C21H29N5O2/c1-14-13-18(25-26(14)17-11-7-4-8-12-17)23-21(28)24-19(20(22)27)15(2)16-9-5-3-6-10-16/h3,5-6,9-10,13,15,17,19H,4,7-8,11-12H2,1-2H3,(H2,22,27)(H2,23,24,25,28). The lowest BCUT2D eigenvalue weighted by molar-refractivity contribution is -0.120. The number of nitrogens with two attached hydrogens (primary N) is 1. The number of carbonyl (C=O) groups is 2. The molecule has 1 fully saturated rings. The quantitative estimate of drug-likeness (QED) is 0.711. The van der Waals surface area contributed by atoms with Crippen LogP contribution in [0.4, 0.5) is 10.6 Å². The van der Waals surface area contributed by atoms with Crippen LogP contribution in [0, 0.1) is 6.92 Å². The molecule has 1 aliphatic rings. The molecule has 3 rings (SSSR count). The maximum absolute atomic E-state index is 12.5. The fourth-order valence-electron chi connectivity index (χ4n) is 3.93. The van der Waals surface area contributed by atoms with Crippen LogP contribution in [0.5, 0.6) is 0 Å². The second kappa shape index (κ2) is 8.91. The van der Waals surface area contributed by atoms with Gasteiger partial charge in [0, 0.05) is 17.7 Å². The largest absolute Gasteiger partial charge is 0.368 e. The van der Waals surface area contributed by atoms with Gasteiger partial charge in [-0.3, -0.25) is 14.8 Å². The predicted molar refractivity (Wildman–Crippen MR) is 109 cm³/mol. The van der Waals surface area contributed by atoms with Gasteiger partial charge in [0.15, 0.2) is 5.82 Å². The van der Waals surface area contributed by atoms with Gasteiger partial charge in [-0.2, -0.15) is 5.10 Å². The smallest absolute Gasteiger partial charge is 0.321 e. The van der Waals surface area contributed by atoms with E-state index in [1.807, 2.05) is 54.9 Å². The second-order valence-corrected chi connectivity index (χ2v) is 7.59. The van der Waals surface area contributed by atoms with Crippen molar-refractivity contribution in [3.63, 3.8) is 0 Å². The van der Waals surface area contributed by atoms with E-state index in [-0.39, 0.29) is 5.92 Å². The van der Waals surface area contributed by atoms with Gasteiger partial charge in [-0.15, -0.1) is 0 Å². The molecular weight excluding hydrogens is 354 g/mol. The van der Waals surface area contributed by atoms with E-state index in [0.717, 1.165) is 24.1 Å². The number of aromatic nitrogens is 2. The first-order valence-electron chi connectivity index (χ1n) is 9.93. The van der Waals surface area contributed by atoms with Gasteiger partial charge in [0.05, 0.1) is 6.04 Å². The average molecular weight is 383 g/mol. The van der Waals surface area contributed by atoms with Gasteiger partial charge >= 0.3 is 6.03 Å². The zero-order chi connectivity index (χ0) is 20.1. The Morgan fingerprint density at radius 2 is 1.86 bits per heavy atom. The number of aryl methyl sites for hydroxylation is 1. The molecule has 4 N–H and O–H groups in total. The van der Waals surface area contributed by atoms with Crippen LogP contribution in [0.1, 0.15) is 62.2 Å². The van der Waals surface area contributed by atoms with Crippen LogP contribution < -0.4 is 16.4 Å². The van der Waals surface area contributed by atoms with Crippen molar-refractivity contribution in [1.29, 1.82) is 0 Å². The zero-order valence-electron chi connectivity index (χ0n) is 16.5. The molecule has 7 nitrogen and oxygen atoms in total. The van der Waals surface area contributed by atoms with E-state index < -0.39 is 18.0 Å². The maximum Gasteiger partial charge on any atom is 0.321 e. The van der Waals surface area contributed by atoms with Crippen molar-refractivity contribution < 1.29 is 9.59 Å². The van der Waals surface area contributed by atoms with Crippen LogP contribution in [0.3, 0.4) is 0 Å². The van der Waals surface area contributed by atoms with Gasteiger partial charge in [-0.1, -0.05) is 56.5 Å². The number of hydrogen-bond donors (Lipinski definition) is 3. The fourth-order valence-corrected chi connectivity index (χ4v) is 3.93. The zero-order valence-corrected chi connectivity index (χ0v) is 16.5. The second-order valence-electron chi connectivity index (χ2n) is 7.59. The van der Waals surface area contributed by atoms with Crippen LogP contribution in [0.25, 0.3) is 0 Å². The van der Waals surface area contributed by atoms with Crippen LogP contribution in [-0.2, 0) is 4.79 Å². The highest BCUT2D eigenvalue weighted by molar-refractivity contribution is 5.93. The molecule has 1 aliphatic carbocycles. The van der Waals surface area contributed by atoms with Crippen molar-refractivity contribution in [2.45, 2.75) is 64.0 Å². The Morgan fingerprint density at radius 1 is 1.18 bits per heavy atom. The number of nitrogens with one attached hydrogen (secondary N) is 2. The number of carbonyl (C=O) groups excluding carboxylic acids is 2. The number of benzene rings is 1. The highest BCUT2D eigenvalue weighted by Gasteiger charge is 2.26. The lowest BCUT2D eigenvalue weighted by Crippen LogP contribution is -2.49. The first kappa shape index (κ1) is 19.9. The van der Waals surface area contributed by atoms with Crippen molar-refractivity contribution in [2.75, 3.05) is 5.32 Å². The van der Waals surface area contributed by atoms with E-state index in [1.165, 1.54) is 19.3 Å². The maximum atomic E-state index is 12.5. The van der Waals surface area contributed by atoms with Crippen molar-refractivity contribution in [3.8, 4) is 0 Å². The molecule has 1 heterocycles. The number of urea groups is 1. The van der Waals surface area contributed by atoms with Gasteiger partial charge in [0.2, 0.25) is 5.91 Å². The van der Waals surface area contributed by atoms with E-state index in [0.29, 0.717) is 11.9 Å². The minimum atomic E-state index is -0.816. The predicted octanol–water partition coefficient (Wildman–Crippen LogP) is 3.48. The molecule has 2 aromatic rings. The number of primary amides is 1. The third kappa shape index (κ3) is 4.71. The Balaban J connectivity index is 1.66. The Morgan fingerprint density at radius 3 is 2.50 bits per heavy atom. The summed E-state index contributed by atoms with van der Waals surface area (Å²) in [5, 5.41) is 10.00. The molecule has 0 bridgehead atoms. The SMILES string of the molecule is Cc1cc(NC(=O)NC(C(N)=O)C(C)c2ccccc2)nn1C1CCCCC1. The van der Waals surface area contributed by atoms with Crippen LogP contribution >= 0.6 is 0 Å².